The van der Waals surface area contributed by atoms with Crippen LogP contribution in [0.1, 0.15) is 33.1 Å². The van der Waals surface area contributed by atoms with Gasteiger partial charge in [0.15, 0.2) is 5.82 Å². The molecular formula is C22H24N6O3. The van der Waals surface area contributed by atoms with E-state index in [1.54, 1.807) is 24.3 Å². The summed E-state index contributed by atoms with van der Waals surface area (Å²) in [6, 6.07) is 13.8. The topological polar surface area (TPSA) is 145 Å². The minimum atomic E-state index is -0.889. The molecule has 3 rings (SSSR count). The number of nitrogens with two attached hydrogens (primary N) is 2. The first-order valence-electron chi connectivity index (χ1n) is 9.50. The Balaban J connectivity index is 2.06. The van der Waals surface area contributed by atoms with Crippen molar-refractivity contribution in [1.29, 1.82) is 0 Å². The number of aromatic nitrogens is 2. The maximum Gasteiger partial charge on any atom is 0.258 e. The summed E-state index contributed by atoms with van der Waals surface area (Å²) >= 11 is 0. The normalized spacial score (nSPS) is 11.5. The number of rotatable bonds is 8. The number of amides is 2. The molecule has 3 aromatic rings. The first-order valence-corrected chi connectivity index (χ1v) is 9.50. The highest BCUT2D eigenvalue weighted by molar-refractivity contribution is 6.00. The van der Waals surface area contributed by atoms with E-state index in [4.69, 9.17) is 16.2 Å². The van der Waals surface area contributed by atoms with Gasteiger partial charge >= 0.3 is 0 Å². The third-order valence-corrected chi connectivity index (χ3v) is 4.49. The Bertz CT molecular complexity index is 1100. The average Bonchev–Trinajstić information content (AvgIpc) is 2.71. The van der Waals surface area contributed by atoms with Crippen LogP contribution in [0.5, 0.6) is 5.88 Å². The van der Waals surface area contributed by atoms with Crippen molar-refractivity contribution in [3.05, 3.63) is 70.8 Å². The zero-order chi connectivity index (χ0) is 22.5. The molecule has 2 aromatic carbocycles. The minimum Gasteiger partial charge on any atom is -0.480 e. The number of hydrogen-bond donors (Lipinski definition) is 4. The summed E-state index contributed by atoms with van der Waals surface area (Å²) in [5.41, 5.74) is 14.5. The van der Waals surface area contributed by atoms with Gasteiger partial charge in [-0.1, -0.05) is 36.4 Å². The van der Waals surface area contributed by atoms with Gasteiger partial charge in [0, 0.05) is 5.69 Å². The number of nitrogens with zero attached hydrogens (tertiary/aromatic N) is 2. The van der Waals surface area contributed by atoms with E-state index in [9.17, 15) is 9.59 Å². The van der Waals surface area contributed by atoms with Crippen LogP contribution in [0.4, 0.5) is 17.5 Å². The largest absolute Gasteiger partial charge is 0.480 e. The Morgan fingerprint density at radius 3 is 2.19 bits per heavy atom. The fraction of sp³-hybridized carbons (Fsp3) is 0.182. The van der Waals surface area contributed by atoms with E-state index in [-0.39, 0.29) is 23.2 Å². The number of carbonyl (C=O) groups excluding carboxylic acids is 2. The van der Waals surface area contributed by atoms with Crippen LogP contribution in [0, 0.1) is 13.8 Å². The first-order chi connectivity index (χ1) is 14.8. The molecule has 0 fully saturated rings. The molecule has 0 saturated heterocycles. The summed E-state index contributed by atoms with van der Waals surface area (Å²) in [5, 5.41) is 6.02. The van der Waals surface area contributed by atoms with E-state index in [0.29, 0.717) is 11.3 Å². The number of anilines is 3. The van der Waals surface area contributed by atoms with Crippen LogP contribution in [0.25, 0.3) is 0 Å². The van der Waals surface area contributed by atoms with E-state index < -0.39 is 17.9 Å². The number of primary amides is 2. The van der Waals surface area contributed by atoms with Crippen molar-refractivity contribution in [2.75, 3.05) is 17.7 Å². The summed E-state index contributed by atoms with van der Waals surface area (Å²) in [4.78, 5) is 32.8. The van der Waals surface area contributed by atoms with Crippen molar-refractivity contribution in [2.24, 2.45) is 11.5 Å². The van der Waals surface area contributed by atoms with Gasteiger partial charge in [-0.15, -0.1) is 0 Å². The van der Waals surface area contributed by atoms with E-state index >= 15 is 0 Å². The smallest absolute Gasteiger partial charge is 0.258 e. The molecule has 0 saturated carbocycles. The van der Waals surface area contributed by atoms with Gasteiger partial charge in [-0.25, -0.2) is 0 Å². The Labute approximate surface area is 179 Å². The van der Waals surface area contributed by atoms with Gasteiger partial charge < -0.3 is 26.8 Å². The van der Waals surface area contributed by atoms with Crippen LogP contribution < -0.4 is 26.8 Å². The van der Waals surface area contributed by atoms with Gasteiger partial charge in [0.05, 0.1) is 7.11 Å². The molecule has 1 atom stereocenters. The summed E-state index contributed by atoms with van der Waals surface area (Å²) in [7, 11) is 1.36. The molecular weight excluding hydrogens is 396 g/mol. The molecule has 1 heterocycles. The highest BCUT2D eigenvalue weighted by atomic mass is 16.5. The van der Waals surface area contributed by atoms with Gasteiger partial charge in [0.2, 0.25) is 17.7 Å². The van der Waals surface area contributed by atoms with Crippen LogP contribution in [-0.2, 0) is 4.79 Å². The van der Waals surface area contributed by atoms with Crippen LogP contribution >= 0.6 is 0 Å². The Morgan fingerprint density at radius 1 is 1.00 bits per heavy atom. The second kappa shape index (κ2) is 9.12. The monoisotopic (exact) mass is 420 g/mol. The Morgan fingerprint density at radius 2 is 1.65 bits per heavy atom. The zero-order valence-electron chi connectivity index (χ0n) is 17.5. The van der Waals surface area contributed by atoms with Gasteiger partial charge in [-0.05, 0) is 42.7 Å². The molecule has 0 aliphatic rings. The highest BCUT2D eigenvalue weighted by Gasteiger charge is 2.24. The number of benzene rings is 2. The van der Waals surface area contributed by atoms with Crippen molar-refractivity contribution in [1.82, 2.24) is 9.97 Å². The van der Waals surface area contributed by atoms with Crippen molar-refractivity contribution >= 4 is 29.3 Å². The maximum atomic E-state index is 12.1. The lowest BCUT2D eigenvalue weighted by molar-refractivity contribution is -0.118. The van der Waals surface area contributed by atoms with E-state index in [1.165, 1.54) is 7.11 Å². The highest BCUT2D eigenvalue weighted by Crippen LogP contribution is 2.29. The van der Waals surface area contributed by atoms with E-state index in [2.05, 4.69) is 20.6 Å². The fourth-order valence-electron chi connectivity index (χ4n) is 3.24. The molecule has 9 nitrogen and oxygen atoms in total. The van der Waals surface area contributed by atoms with Gasteiger partial charge in [0.1, 0.15) is 11.6 Å². The first kappa shape index (κ1) is 21.6. The predicted octanol–water partition coefficient (Wildman–Crippen LogP) is 2.58. The maximum absolute atomic E-state index is 12.1. The summed E-state index contributed by atoms with van der Waals surface area (Å²) in [6.07, 6.45) is 0. The molecule has 0 bridgehead atoms. The number of aryl methyl sites for hydroxylation is 2. The summed E-state index contributed by atoms with van der Waals surface area (Å²) in [6.45, 7) is 3.91. The number of hydrogen-bond acceptors (Lipinski definition) is 7. The lowest BCUT2D eigenvalue weighted by atomic mass is 10.1. The number of carbonyl (C=O) groups is 2. The van der Waals surface area contributed by atoms with Crippen LogP contribution in [0.15, 0.2) is 48.5 Å². The molecule has 9 heteroatoms. The lowest BCUT2D eigenvalue weighted by Gasteiger charge is -2.19. The van der Waals surface area contributed by atoms with Crippen molar-refractivity contribution in [3.63, 3.8) is 0 Å². The van der Waals surface area contributed by atoms with Crippen LogP contribution in [0.3, 0.4) is 0 Å². The summed E-state index contributed by atoms with van der Waals surface area (Å²) < 4.78 is 5.27. The van der Waals surface area contributed by atoms with Crippen LogP contribution in [-0.4, -0.2) is 28.9 Å². The third-order valence-electron chi connectivity index (χ3n) is 4.49. The van der Waals surface area contributed by atoms with E-state index in [0.717, 1.165) is 11.1 Å². The Kier molecular flexibility index (Phi) is 6.35. The number of ether oxygens (including phenoxy) is 1. The Hall–Kier alpha value is -4.14. The van der Waals surface area contributed by atoms with Crippen molar-refractivity contribution < 1.29 is 14.3 Å². The molecule has 6 N–H and O–H groups in total. The molecule has 0 radical (unpaired) electrons. The van der Waals surface area contributed by atoms with Crippen molar-refractivity contribution in [2.45, 2.75) is 19.9 Å². The second-order valence-corrected chi connectivity index (χ2v) is 7.04. The molecule has 0 unspecified atom stereocenters. The van der Waals surface area contributed by atoms with Gasteiger partial charge in [0.25, 0.3) is 5.91 Å². The standard InChI is InChI=1S/C22H24N6O3/c1-12-9-13(2)11-15(10-12)25-20-16(18(23)29)21(31-3)28-22(27-20)26-17(19(24)30)14-7-5-4-6-8-14/h4-11,17H,1-3H3,(H2,23,29)(H2,24,30)(H2,25,26,27,28)/t17-/m1/s1. The molecule has 0 aliphatic carbocycles. The zero-order valence-corrected chi connectivity index (χ0v) is 17.5. The molecule has 0 spiro atoms. The van der Waals surface area contributed by atoms with Crippen LogP contribution in [0.2, 0.25) is 0 Å². The summed E-state index contributed by atoms with van der Waals surface area (Å²) in [5.74, 6) is -1.22. The molecule has 2 amide bonds. The molecule has 1 aromatic heterocycles. The molecule has 31 heavy (non-hydrogen) atoms. The molecule has 160 valence electrons. The second-order valence-electron chi connectivity index (χ2n) is 7.04. The van der Waals surface area contributed by atoms with Gasteiger partial charge in [-0.2, -0.15) is 9.97 Å². The van der Waals surface area contributed by atoms with Gasteiger partial charge in [-0.3, -0.25) is 9.59 Å². The minimum absolute atomic E-state index is 0.0115. The third kappa shape index (κ3) is 5.08. The average molecular weight is 420 g/mol. The number of nitrogens with one attached hydrogen (secondary N) is 2. The molecule has 0 aliphatic heterocycles. The quantitative estimate of drug-likeness (QED) is 0.438. The lowest BCUT2D eigenvalue weighted by Crippen LogP contribution is -2.29. The predicted molar refractivity (Wildman–Crippen MR) is 118 cm³/mol. The SMILES string of the molecule is COc1nc(N[C@@H](C(N)=O)c2ccccc2)nc(Nc2cc(C)cc(C)c2)c1C(N)=O. The number of methoxy groups -OCH3 is 1. The van der Waals surface area contributed by atoms with Crippen molar-refractivity contribution in [3.8, 4) is 5.88 Å². The fourth-order valence-corrected chi connectivity index (χ4v) is 3.24. The van der Waals surface area contributed by atoms with E-state index in [1.807, 2.05) is 38.1 Å².